The van der Waals surface area contributed by atoms with E-state index >= 15 is 0 Å². The van der Waals surface area contributed by atoms with Crippen LogP contribution >= 0.6 is 0 Å². The molecular formula is C25H38N4O3. The number of urea groups is 1. The number of carbonyl (C=O) groups is 2. The van der Waals surface area contributed by atoms with Crippen molar-refractivity contribution < 1.29 is 14.3 Å². The third kappa shape index (κ3) is 5.37. The van der Waals surface area contributed by atoms with E-state index in [0.29, 0.717) is 24.9 Å². The first-order valence-corrected chi connectivity index (χ1v) is 12.3. The molecule has 2 saturated heterocycles. The van der Waals surface area contributed by atoms with E-state index in [1.54, 1.807) is 7.11 Å². The molecule has 1 aliphatic carbocycles. The molecule has 4 rings (SSSR count). The number of hydrogen-bond acceptors (Lipinski definition) is 4. The van der Waals surface area contributed by atoms with E-state index in [1.165, 1.54) is 12.8 Å². The van der Waals surface area contributed by atoms with Crippen molar-refractivity contribution in [1.82, 2.24) is 14.7 Å². The summed E-state index contributed by atoms with van der Waals surface area (Å²) >= 11 is 0. The molecule has 1 aromatic rings. The van der Waals surface area contributed by atoms with Gasteiger partial charge >= 0.3 is 6.03 Å². The summed E-state index contributed by atoms with van der Waals surface area (Å²) in [6.07, 6.45) is 6.99. The number of nitrogens with one attached hydrogen (secondary N) is 1. The Morgan fingerprint density at radius 2 is 1.53 bits per heavy atom. The minimum atomic E-state index is -0.0800. The maximum absolute atomic E-state index is 13.6. The lowest BCUT2D eigenvalue weighted by molar-refractivity contribution is -0.141. The number of carbonyl (C=O) groups excluding carboxylic acids is 2. The van der Waals surface area contributed by atoms with Gasteiger partial charge in [-0.25, -0.2) is 4.79 Å². The number of benzene rings is 1. The molecule has 0 bridgehead atoms. The lowest BCUT2D eigenvalue weighted by Gasteiger charge is -2.43. The van der Waals surface area contributed by atoms with Crippen LogP contribution in [0.15, 0.2) is 24.3 Å². The van der Waals surface area contributed by atoms with Crippen molar-refractivity contribution in [2.24, 2.45) is 11.8 Å². The first-order valence-electron chi connectivity index (χ1n) is 12.3. The molecule has 7 heteroatoms. The summed E-state index contributed by atoms with van der Waals surface area (Å²) in [7, 11) is 1.63. The average molecular weight is 443 g/mol. The zero-order valence-electron chi connectivity index (χ0n) is 19.6. The molecule has 176 valence electrons. The lowest BCUT2D eigenvalue weighted by atomic mass is 9.92. The number of hydrogen-bond donors (Lipinski definition) is 1. The van der Waals surface area contributed by atoms with Crippen molar-refractivity contribution in [2.45, 2.75) is 51.5 Å². The number of amides is 3. The van der Waals surface area contributed by atoms with Crippen LogP contribution in [0.3, 0.4) is 0 Å². The number of anilines is 1. The highest BCUT2D eigenvalue weighted by Gasteiger charge is 2.39. The number of nitrogens with zero attached hydrogens (tertiary/aromatic N) is 3. The van der Waals surface area contributed by atoms with Gasteiger partial charge in [-0.15, -0.1) is 0 Å². The van der Waals surface area contributed by atoms with E-state index in [-0.39, 0.29) is 12.1 Å². The largest absolute Gasteiger partial charge is 0.497 e. The molecule has 0 radical (unpaired) electrons. The predicted molar refractivity (Wildman–Crippen MR) is 126 cm³/mol. The van der Waals surface area contributed by atoms with E-state index in [4.69, 9.17) is 4.74 Å². The van der Waals surface area contributed by atoms with Gasteiger partial charge in [0.1, 0.15) is 5.75 Å². The Morgan fingerprint density at radius 1 is 0.906 bits per heavy atom. The normalized spacial score (nSPS) is 22.1. The fraction of sp³-hybridized carbons (Fsp3) is 0.680. The molecule has 3 amide bonds. The van der Waals surface area contributed by atoms with Crippen molar-refractivity contribution in [3.05, 3.63) is 24.3 Å². The summed E-state index contributed by atoms with van der Waals surface area (Å²) in [5.41, 5.74) is 0.761. The van der Waals surface area contributed by atoms with Gasteiger partial charge in [-0.3, -0.25) is 9.69 Å². The van der Waals surface area contributed by atoms with E-state index in [0.717, 1.165) is 69.2 Å². The molecule has 0 aromatic heterocycles. The Labute approximate surface area is 192 Å². The number of methoxy groups -OCH3 is 1. The first kappa shape index (κ1) is 22.9. The predicted octanol–water partition coefficient (Wildman–Crippen LogP) is 3.66. The molecule has 3 aliphatic rings. The third-order valence-corrected chi connectivity index (χ3v) is 7.53. The van der Waals surface area contributed by atoms with Crippen LogP contribution in [0.25, 0.3) is 0 Å². The van der Waals surface area contributed by atoms with Gasteiger partial charge in [-0.05, 0) is 61.8 Å². The number of piperazine rings is 1. The van der Waals surface area contributed by atoms with Crippen LogP contribution < -0.4 is 10.1 Å². The van der Waals surface area contributed by atoms with E-state index < -0.39 is 0 Å². The van der Waals surface area contributed by atoms with Crippen LogP contribution in [0, 0.1) is 11.8 Å². The maximum Gasteiger partial charge on any atom is 0.321 e. The molecule has 1 N–H and O–H groups in total. The van der Waals surface area contributed by atoms with Crippen LogP contribution in [0.1, 0.15) is 45.4 Å². The van der Waals surface area contributed by atoms with Crippen molar-refractivity contribution >= 4 is 17.6 Å². The quantitative estimate of drug-likeness (QED) is 0.756. The Morgan fingerprint density at radius 3 is 2.12 bits per heavy atom. The fourth-order valence-electron chi connectivity index (χ4n) is 5.43. The van der Waals surface area contributed by atoms with E-state index in [1.807, 2.05) is 29.2 Å². The van der Waals surface area contributed by atoms with Crippen LogP contribution in [0.4, 0.5) is 10.5 Å². The van der Waals surface area contributed by atoms with Crippen LogP contribution in [-0.2, 0) is 4.79 Å². The number of ether oxygens (including phenoxy) is 1. The Balaban J connectivity index is 1.35. The van der Waals surface area contributed by atoms with Gasteiger partial charge in [-0.1, -0.05) is 19.8 Å². The highest BCUT2D eigenvalue weighted by atomic mass is 16.5. The van der Waals surface area contributed by atoms with Gasteiger partial charge in [-0.2, -0.15) is 0 Å². The molecule has 32 heavy (non-hydrogen) atoms. The zero-order chi connectivity index (χ0) is 22.5. The SMILES string of the molecule is COc1ccc(NC(=O)N2CCN([C@@H](C(=O)N3CCC(C)CC3)C3CCCC3)CC2)cc1. The number of piperidine rings is 1. The van der Waals surface area contributed by atoms with Crippen molar-refractivity contribution in [1.29, 1.82) is 0 Å². The summed E-state index contributed by atoms with van der Waals surface area (Å²) in [6.45, 7) is 6.89. The van der Waals surface area contributed by atoms with Crippen LogP contribution in [0.2, 0.25) is 0 Å². The first-order chi connectivity index (χ1) is 15.5. The molecule has 7 nitrogen and oxygen atoms in total. The van der Waals surface area contributed by atoms with Crippen molar-refractivity contribution in [3.8, 4) is 5.75 Å². The zero-order valence-corrected chi connectivity index (χ0v) is 19.6. The van der Waals surface area contributed by atoms with E-state index in [9.17, 15) is 9.59 Å². The number of likely N-dealkylation sites (tertiary alicyclic amines) is 1. The van der Waals surface area contributed by atoms with Crippen molar-refractivity contribution in [2.75, 3.05) is 51.7 Å². The molecule has 1 saturated carbocycles. The second-order valence-electron chi connectivity index (χ2n) is 9.68. The highest BCUT2D eigenvalue weighted by molar-refractivity contribution is 5.89. The average Bonchev–Trinajstić information content (AvgIpc) is 3.35. The summed E-state index contributed by atoms with van der Waals surface area (Å²) in [6, 6.07) is 7.28. The topological polar surface area (TPSA) is 65.1 Å². The summed E-state index contributed by atoms with van der Waals surface area (Å²) < 4.78 is 5.18. The third-order valence-electron chi connectivity index (χ3n) is 7.53. The van der Waals surface area contributed by atoms with Crippen molar-refractivity contribution in [3.63, 3.8) is 0 Å². The second-order valence-corrected chi connectivity index (χ2v) is 9.68. The van der Waals surface area contributed by atoms with E-state index in [2.05, 4.69) is 22.0 Å². The maximum atomic E-state index is 13.6. The van der Waals surface area contributed by atoms with Gasteiger partial charge in [0.25, 0.3) is 0 Å². The Bertz CT molecular complexity index is 762. The minimum Gasteiger partial charge on any atom is -0.497 e. The summed E-state index contributed by atoms with van der Waals surface area (Å²) in [5, 5.41) is 2.98. The monoisotopic (exact) mass is 442 g/mol. The molecular weight excluding hydrogens is 404 g/mol. The van der Waals surface area contributed by atoms with Gasteiger partial charge in [0.2, 0.25) is 5.91 Å². The lowest BCUT2D eigenvalue weighted by Crippen LogP contribution is -2.59. The van der Waals surface area contributed by atoms with Gasteiger partial charge in [0, 0.05) is 45.0 Å². The smallest absolute Gasteiger partial charge is 0.321 e. The van der Waals surface area contributed by atoms with Gasteiger partial charge in [0.05, 0.1) is 13.2 Å². The molecule has 0 spiro atoms. The Kier molecular flexibility index (Phi) is 7.55. The minimum absolute atomic E-state index is 0.0160. The second kappa shape index (κ2) is 10.6. The molecule has 1 aromatic carbocycles. The Hall–Kier alpha value is -2.28. The molecule has 2 heterocycles. The highest BCUT2D eigenvalue weighted by Crippen LogP contribution is 2.33. The van der Waals surface area contributed by atoms with Crippen LogP contribution in [-0.4, -0.2) is 79.1 Å². The summed E-state index contributed by atoms with van der Waals surface area (Å²) in [4.78, 5) is 32.7. The fourth-order valence-corrected chi connectivity index (χ4v) is 5.43. The standard InChI is InChI=1S/C25H38N4O3/c1-19-11-13-28(14-12-19)24(30)23(20-5-3-4-6-20)27-15-17-29(18-16-27)25(31)26-21-7-9-22(32-2)10-8-21/h7-10,19-20,23H,3-6,11-18H2,1-2H3,(H,26,31)/t23-/m1/s1. The summed E-state index contributed by atoms with van der Waals surface area (Å²) in [5.74, 6) is 2.28. The van der Waals surface area contributed by atoms with Gasteiger partial charge in [0.15, 0.2) is 0 Å². The molecule has 2 aliphatic heterocycles. The molecule has 0 unspecified atom stereocenters. The molecule has 1 atom stereocenters. The van der Waals surface area contributed by atoms with Crippen LogP contribution in [0.5, 0.6) is 5.75 Å². The molecule has 3 fully saturated rings. The number of rotatable bonds is 5. The van der Waals surface area contributed by atoms with Gasteiger partial charge < -0.3 is 19.9 Å².